The predicted molar refractivity (Wildman–Crippen MR) is 253 cm³/mol. The minimum absolute atomic E-state index is 0.0616. The maximum Gasteiger partial charge on any atom is 0.0715 e. The third kappa shape index (κ3) is 8.62. The molecule has 10 rings (SSSR count). The Balaban J connectivity index is 0.000000177. The summed E-state index contributed by atoms with van der Waals surface area (Å²) in [6.45, 7) is 13.6. The molecule has 0 bridgehead atoms. The van der Waals surface area contributed by atoms with E-state index in [2.05, 4.69) is 194 Å². The molecular weight excluding hydrogens is 713 g/mol. The van der Waals surface area contributed by atoms with Crippen molar-refractivity contribution in [3.63, 3.8) is 0 Å². The van der Waals surface area contributed by atoms with Crippen LogP contribution in [0.1, 0.15) is 59.7 Å². The van der Waals surface area contributed by atoms with Crippen LogP contribution in [-0.4, -0.2) is 4.57 Å². The van der Waals surface area contributed by atoms with Gasteiger partial charge in [0.1, 0.15) is 0 Å². The lowest BCUT2D eigenvalue weighted by molar-refractivity contribution is 0.554. The molecule has 0 saturated heterocycles. The van der Waals surface area contributed by atoms with Crippen LogP contribution >= 0.6 is 0 Å². The van der Waals surface area contributed by atoms with Crippen molar-refractivity contribution in [3.05, 3.63) is 264 Å². The smallest absolute Gasteiger partial charge is 0.0715 e. The molecule has 2 aliphatic rings. The number of anilines is 1. The molecular formula is C57H52N2. The van der Waals surface area contributed by atoms with Gasteiger partial charge >= 0.3 is 0 Å². The maximum absolute atomic E-state index is 4.00. The first-order chi connectivity index (χ1) is 28.9. The molecule has 1 aliphatic heterocycles. The lowest BCUT2D eigenvalue weighted by atomic mass is 9.65. The van der Waals surface area contributed by atoms with E-state index in [9.17, 15) is 0 Å². The van der Waals surface area contributed by atoms with Crippen molar-refractivity contribution in [1.82, 2.24) is 4.57 Å². The first kappa shape index (κ1) is 40.1. The van der Waals surface area contributed by atoms with Gasteiger partial charge in [-0.2, -0.15) is 0 Å². The van der Waals surface area contributed by atoms with Crippen molar-refractivity contribution in [1.29, 1.82) is 0 Å². The number of fused-ring (bicyclic) bond motifs is 4. The van der Waals surface area contributed by atoms with Gasteiger partial charge in [0, 0.05) is 34.5 Å². The topological polar surface area (TPSA) is 17.0 Å². The minimum Gasteiger partial charge on any atom is -0.376 e. The average Bonchev–Trinajstić information content (AvgIpc) is 3.89. The number of hydrogen-bond acceptors (Lipinski definition) is 1. The van der Waals surface area contributed by atoms with Gasteiger partial charge in [0.05, 0.1) is 11.5 Å². The number of para-hydroxylation sites is 1. The molecule has 59 heavy (non-hydrogen) atoms. The zero-order valence-corrected chi connectivity index (χ0v) is 34.6. The molecule has 2 heteroatoms. The van der Waals surface area contributed by atoms with Gasteiger partial charge in [0.15, 0.2) is 0 Å². The number of benzene rings is 6. The standard InChI is InChI=1S/C33H26N2.C9H10.C8H10.C7H6/c1-35-30-20-12-11-19-26(30)27-21-29-28(22-31(27)35)33(24-15-7-3-8-16-24,25-17-9-4-10-18-25)32(34-29)23-13-5-2-6-14-23;1-8(2)9-6-4-3-5-7-9;1-3-5-8-6-7(8)4-2;1-7-5-3-2-4-6-7/h2-22,32,34H,1H3;3-7H,1H2,2H3;3-5H,2,6H2,1H3;3,5-6H,1H3/b;;5-3-;. The predicted octanol–water partition coefficient (Wildman–Crippen LogP) is 14.6. The van der Waals surface area contributed by atoms with Crippen LogP contribution in [0.3, 0.4) is 0 Å². The molecule has 0 saturated carbocycles. The van der Waals surface area contributed by atoms with Crippen LogP contribution in [0.25, 0.3) is 27.4 Å². The van der Waals surface area contributed by atoms with Crippen molar-refractivity contribution in [3.8, 4) is 0 Å². The van der Waals surface area contributed by atoms with E-state index < -0.39 is 0 Å². The first-order valence-electron chi connectivity index (χ1n) is 20.3. The van der Waals surface area contributed by atoms with Crippen LogP contribution in [0.15, 0.2) is 218 Å². The number of nitrogens with one attached hydrogen (secondary N) is 1. The van der Waals surface area contributed by atoms with E-state index in [4.69, 9.17) is 0 Å². The summed E-state index contributed by atoms with van der Waals surface area (Å²) in [6.07, 6.45) is 7.28. The summed E-state index contributed by atoms with van der Waals surface area (Å²) in [4.78, 5) is 0. The molecule has 0 radical (unpaired) electrons. The fourth-order valence-electron chi connectivity index (χ4n) is 8.14. The van der Waals surface area contributed by atoms with Gasteiger partial charge in [-0.1, -0.05) is 195 Å². The van der Waals surface area contributed by atoms with Crippen LogP contribution in [0.5, 0.6) is 0 Å². The van der Waals surface area contributed by atoms with E-state index in [0.717, 1.165) is 12.0 Å². The third-order valence-corrected chi connectivity index (χ3v) is 11.2. The SMILES string of the molecule is C=C(C)c1ccccc1.C=CC1=C(/C=C\C)C1.Cc1cc#ccc1.Cn1c2ccccc2c2cc3c(cc21)C(c1ccccc1)(c1ccccc1)C(c1ccccc1)N3. The Morgan fingerprint density at radius 1 is 0.712 bits per heavy atom. The average molecular weight is 765 g/mol. The molecule has 290 valence electrons. The molecule has 0 fully saturated rings. The van der Waals surface area contributed by atoms with Gasteiger partial charge in [0.25, 0.3) is 0 Å². The molecule has 2 nitrogen and oxygen atoms in total. The van der Waals surface area contributed by atoms with Crippen LogP contribution in [-0.2, 0) is 12.5 Å². The Labute approximate surface area is 351 Å². The van der Waals surface area contributed by atoms with Gasteiger partial charge < -0.3 is 9.88 Å². The molecule has 1 N–H and O–H groups in total. The second kappa shape index (κ2) is 18.5. The van der Waals surface area contributed by atoms with Crippen molar-refractivity contribution in [2.75, 3.05) is 5.32 Å². The van der Waals surface area contributed by atoms with Crippen molar-refractivity contribution in [2.45, 2.75) is 38.6 Å². The minimum atomic E-state index is -0.371. The molecule has 1 unspecified atom stereocenters. The highest BCUT2D eigenvalue weighted by Crippen LogP contribution is 2.57. The lowest BCUT2D eigenvalue weighted by Gasteiger charge is -2.37. The second-order valence-corrected chi connectivity index (χ2v) is 15.1. The summed E-state index contributed by atoms with van der Waals surface area (Å²) in [6, 6.07) is 68.0. The van der Waals surface area contributed by atoms with Crippen LogP contribution < -0.4 is 5.32 Å². The van der Waals surface area contributed by atoms with E-state index in [1.165, 1.54) is 72.0 Å². The lowest BCUT2D eigenvalue weighted by Crippen LogP contribution is -2.35. The van der Waals surface area contributed by atoms with E-state index in [1.807, 2.05) is 63.2 Å². The maximum atomic E-state index is 4.00. The largest absolute Gasteiger partial charge is 0.376 e. The highest BCUT2D eigenvalue weighted by molar-refractivity contribution is 6.10. The quantitative estimate of drug-likeness (QED) is 0.178. The molecule has 1 aliphatic carbocycles. The Hall–Kier alpha value is -7.08. The molecule has 1 atom stereocenters. The highest BCUT2D eigenvalue weighted by atomic mass is 15.0. The molecule has 0 amide bonds. The Morgan fingerprint density at radius 2 is 1.31 bits per heavy atom. The third-order valence-electron chi connectivity index (χ3n) is 11.2. The summed E-state index contributed by atoms with van der Waals surface area (Å²) in [7, 11) is 2.18. The Morgan fingerprint density at radius 3 is 1.81 bits per heavy atom. The number of nitrogens with zero attached hydrogens (tertiary/aromatic N) is 1. The molecule has 0 spiro atoms. The number of rotatable bonds is 6. The first-order valence-corrected chi connectivity index (χ1v) is 20.3. The van der Waals surface area contributed by atoms with Crippen LogP contribution in [0, 0.1) is 19.1 Å². The zero-order valence-electron chi connectivity index (χ0n) is 34.6. The van der Waals surface area contributed by atoms with Crippen LogP contribution in [0.4, 0.5) is 5.69 Å². The molecule has 1 aromatic heterocycles. The number of aryl methyl sites for hydroxylation is 2. The molecule has 2 heterocycles. The summed E-state index contributed by atoms with van der Waals surface area (Å²) < 4.78 is 2.33. The number of allylic oxidation sites excluding steroid dienone is 6. The zero-order chi connectivity index (χ0) is 41.2. The van der Waals surface area contributed by atoms with Crippen LogP contribution in [0.2, 0.25) is 0 Å². The summed E-state index contributed by atoms with van der Waals surface area (Å²) in [5.74, 6) is 0. The van der Waals surface area contributed by atoms with Gasteiger partial charge in [-0.25, -0.2) is 0 Å². The summed E-state index contributed by atoms with van der Waals surface area (Å²) in [5, 5.41) is 6.58. The van der Waals surface area contributed by atoms with E-state index in [1.54, 1.807) is 0 Å². The fraction of sp³-hybridized carbons (Fsp3) is 0.123. The van der Waals surface area contributed by atoms with Gasteiger partial charge in [-0.15, -0.1) is 0 Å². The van der Waals surface area contributed by atoms with E-state index in [0.29, 0.717) is 0 Å². The van der Waals surface area contributed by atoms with Crippen molar-refractivity contribution >= 4 is 33.1 Å². The van der Waals surface area contributed by atoms with Crippen molar-refractivity contribution in [2.24, 2.45) is 7.05 Å². The van der Waals surface area contributed by atoms with E-state index >= 15 is 0 Å². The molecule has 8 aromatic rings. The van der Waals surface area contributed by atoms with E-state index in [-0.39, 0.29) is 11.5 Å². The molecule has 7 aromatic carbocycles. The normalized spacial score (nSPS) is 14.3. The van der Waals surface area contributed by atoms with Gasteiger partial charge in [0.2, 0.25) is 0 Å². The second-order valence-electron chi connectivity index (χ2n) is 15.1. The Kier molecular flexibility index (Phi) is 12.6. The fourth-order valence-corrected chi connectivity index (χ4v) is 8.14. The summed E-state index contributed by atoms with van der Waals surface area (Å²) in [5.41, 5.74) is 15.0. The highest BCUT2D eigenvalue weighted by Gasteiger charge is 2.50. The monoisotopic (exact) mass is 764 g/mol. The van der Waals surface area contributed by atoms with Gasteiger partial charge in [-0.05, 0) is 102 Å². The van der Waals surface area contributed by atoms with Gasteiger partial charge in [-0.3, -0.25) is 0 Å². The summed E-state index contributed by atoms with van der Waals surface area (Å²) >= 11 is 0. The van der Waals surface area contributed by atoms with Crippen molar-refractivity contribution < 1.29 is 0 Å². The Bertz CT molecular complexity index is 2660. The number of hydrogen-bond donors (Lipinski definition) is 1. The number of aromatic nitrogens is 1.